The fraction of sp³-hybridized carbons (Fsp3) is 0.500. The van der Waals surface area contributed by atoms with Gasteiger partial charge in [0.2, 0.25) is 10.0 Å². The summed E-state index contributed by atoms with van der Waals surface area (Å²) in [4.78, 5) is 9.79. The summed E-state index contributed by atoms with van der Waals surface area (Å²) < 4.78 is 47.6. The van der Waals surface area contributed by atoms with Crippen molar-refractivity contribution in [3.8, 4) is 0 Å². The molecule has 0 unspecified atom stereocenters. The van der Waals surface area contributed by atoms with Crippen LogP contribution >= 0.6 is 22.9 Å². The number of nitrogens with zero attached hydrogens (tertiary/aromatic N) is 1. The minimum Gasteiger partial charge on any atom is -0.258 e. The van der Waals surface area contributed by atoms with Gasteiger partial charge in [-0.05, 0) is 0 Å². The van der Waals surface area contributed by atoms with Gasteiger partial charge in [0.15, 0.2) is 14.2 Å². The van der Waals surface area contributed by atoms with Crippen LogP contribution in [0, 0.1) is 10.1 Å². The van der Waals surface area contributed by atoms with Gasteiger partial charge in [-0.3, -0.25) is 10.1 Å². The smallest absolute Gasteiger partial charge is 0.258 e. The third-order valence-corrected chi connectivity index (χ3v) is 7.23. The summed E-state index contributed by atoms with van der Waals surface area (Å²) in [5, 5.41) is 10.6. The monoisotopic (exact) mass is 362 g/mol. The lowest BCUT2D eigenvalue weighted by Gasteiger charge is -2.04. The van der Waals surface area contributed by atoms with E-state index in [1.54, 1.807) is 0 Å². The molecule has 1 aromatic rings. The summed E-state index contributed by atoms with van der Waals surface area (Å²) in [6.45, 7) is 1.15. The molecule has 0 saturated heterocycles. The Morgan fingerprint density at radius 3 is 2.45 bits per heavy atom. The molecule has 0 saturated carbocycles. The van der Waals surface area contributed by atoms with Crippen LogP contribution in [0.1, 0.15) is 6.92 Å². The summed E-state index contributed by atoms with van der Waals surface area (Å²) in [6.07, 6.45) is 0. The van der Waals surface area contributed by atoms with Crippen LogP contribution in [0.5, 0.6) is 0 Å². The number of sulfone groups is 1. The minimum absolute atomic E-state index is 0.0922. The van der Waals surface area contributed by atoms with Gasteiger partial charge in [0, 0.05) is 18.4 Å². The van der Waals surface area contributed by atoms with Crippen molar-refractivity contribution in [2.75, 3.05) is 18.1 Å². The van der Waals surface area contributed by atoms with Crippen LogP contribution in [-0.4, -0.2) is 39.8 Å². The third-order valence-electron chi connectivity index (χ3n) is 2.25. The molecule has 0 aliphatic rings. The normalized spacial score (nSPS) is 12.5. The molecule has 0 aromatic carbocycles. The fourth-order valence-electron chi connectivity index (χ4n) is 1.14. The highest BCUT2D eigenvalue weighted by Crippen LogP contribution is 2.35. The number of nitro groups is 1. The van der Waals surface area contributed by atoms with E-state index in [0.717, 1.165) is 6.07 Å². The number of hydrogen-bond acceptors (Lipinski definition) is 7. The Morgan fingerprint density at radius 1 is 1.40 bits per heavy atom. The van der Waals surface area contributed by atoms with Crippen LogP contribution < -0.4 is 4.72 Å². The van der Waals surface area contributed by atoms with Crippen molar-refractivity contribution in [3.05, 3.63) is 20.5 Å². The highest BCUT2D eigenvalue weighted by Gasteiger charge is 2.25. The highest BCUT2D eigenvalue weighted by atomic mass is 35.5. The van der Waals surface area contributed by atoms with E-state index >= 15 is 0 Å². The second-order valence-corrected chi connectivity index (χ2v) is 9.74. The van der Waals surface area contributed by atoms with Crippen molar-refractivity contribution in [1.29, 1.82) is 0 Å². The van der Waals surface area contributed by atoms with Crippen molar-refractivity contribution in [2.45, 2.75) is 11.1 Å². The maximum absolute atomic E-state index is 11.8. The molecule has 0 fully saturated rings. The number of thiophene rings is 1. The largest absolute Gasteiger partial charge is 0.300 e. The summed E-state index contributed by atoms with van der Waals surface area (Å²) in [5.41, 5.74) is -0.502. The number of hydrogen-bond donors (Lipinski definition) is 1. The fourth-order valence-corrected chi connectivity index (χ4v) is 4.71. The van der Waals surface area contributed by atoms with Gasteiger partial charge in [-0.2, -0.15) is 0 Å². The van der Waals surface area contributed by atoms with Crippen LogP contribution in [0.25, 0.3) is 0 Å². The summed E-state index contributed by atoms with van der Waals surface area (Å²) in [5.74, 6) is -0.436. The second kappa shape index (κ2) is 6.35. The molecule has 0 radical (unpaired) electrons. The minimum atomic E-state index is -4.01. The molecule has 0 atom stereocenters. The summed E-state index contributed by atoms with van der Waals surface area (Å²) in [7, 11) is -7.31. The first-order valence-electron chi connectivity index (χ1n) is 5.23. The zero-order valence-electron chi connectivity index (χ0n) is 10.2. The maximum Gasteiger partial charge on any atom is 0.300 e. The first-order valence-corrected chi connectivity index (χ1v) is 9.73. The lowest BCUT2D eigenvalue weighted by Crippen LogP contribution is -2.29. The molecule has 1 N–H and O–H groups in total. The molecule has 20 heavy (non-hydrogen) atoms. The lowest BCUT2D eigenvalue weighted by molar-refractivity contribution is -0.384. The van der Waals surface area contributed by atoms with E-state index in [4.69, 9.17) is 11.6 Å². The van der Waals surface area contributed by atoms with Crippen molar-refractivity contribution in [3.63, 3.8) is 0 Å². The van der Waals surface area contributed by atoms with E-state index in [0.29, 0.717) is 11.3 Å². The van der Waals surface area contributed by atoms with Crippen molar-refractivity contribution in [1.82, 2.24) is 4.72 Å². The SMILES string of the molecule is CCS(=O)(=O)CCNS(=O)(=O)c1cc([N+](=O)[O-])c(Cl)s1. The first kappa shape index (κ1) is 17.3. The van der Waals surface area contributed by atoms with E-state index in [-0.39, 0.29) is 26.6 Å². The van der Waals surface area contributed by atoms with Crippen LogP contribution in [0.3, 0.4) is 0 Å². The van der Waals surface area contributed by atoms with E-state index in [1.807, 2.05) is 0 Å². The number of rotatable bonds is 7. The highest BCUT2D eigenvalue weighted by molar-refractivity contribution is 7.92. The first-order chi connectivity index (χ1) is 9.09. The molecule has 12 heteroatoms. The zero-order chi connectivity index (χ0) is 15.6. The average Bonchev–Trinajstić information content (AvgIpc) is 2.71. The standard InChI is InChI=1S/C8H11ClN2O6S3/c1-2-19(14,15)4-3-10-20(16,17)7-5-6(11(12)13)8(9)18-7/h5,10H,2-4H2,1H3. The van der Waals surface area contributed by atoms with Crippen LogP contribution in [0.2, 0.25) is 4.34 Å². The van der Waals surface area contributed by atoms with Crippen LogP contribution in [-0.2, 0) is 19.9 Å². The Balaban J connectivity index is 2.85. The predicted molar refractivity (Wildman–Crippen MR) is 75.5 cm³/mol. The summed E-state index contributed by atoms with van der Waals surface area (Å²) >= 11 is 6.10. The molecule has 0 spiro atoms. The molecule has 114 valence electrons. The summed E-state index contributed by atoms with van der Waals surface area (Å²) in [6, 6.07) is 0.837. The Bertz CT molecular complexity index is 709. The predicted octanol–water partition coefficient (Wildman–Crippen LogP) is 1.02. The molecular weight excluding hydrogens is 352 g/mol. The third kappa shape index (κ3) is 4.38. The van der Waals surface area contributed by atoms with Gasteiger partial charge >= 0.3 is 0 Å². The molecule has 1 rings (SSSR count). The Kier molecular flexibility index (Phi) is 5.49. The Labute approximate surface area is 124 Å². The number of nitrogens with one attached hydrogen (secondary N) is 1. The van der Waals surface area contributed by atoms with Crippen molar-refractivity contribution in [2.24, 2.45) is 0 Å². The molecule has 0 bridgehead atoms. The van der Waals surface area contributed by atoms with E-state index < -0.39 is 30.5 Å². The van der Waals surface area contributed by atoms with Gasteiger partial charge in [0.1, 0.15) is 4.21 Å². The molecule has 0 amide bonds. The molecule has 1 aromatic heterocycles. The molecule has 8 nitrogen and oxygen atoms in total. The lowest BCUT2D eigenvalue weighted by atomic mass is 10.6. The van der Waals surface area contributed by atoms with Crippen LogP contribution in [0.4, 0.5) is 5.69 Å². The molecule has 1 heterocycles. The second-order valence-electron chi connectivity index (χ2n) is 3.62. The van der Waals surface area contributed by atoms with Crippen LogP contribution in [0.15, 0.2) is 10.3 Å². The van der Waals surface area contributed by atoms with E-state index in [2.05, 4.69) is 4.72 Å². The Morgan fingerprint density at radius 2 is 2.00 bits per heavy atom. The van der Waals surface area contributed by atoms with Crippen molar-refractivity contribution < 1.29 is 21.8 Å². The average molecular weight is 363 g/mol. The maximum atomic E-state index is 11.8. The zero-order valence-corrected chi connectivity index (χ0v) is 13.4. The number of sulfonamides is 1. The molecule has 0 aliphatic heterocycles. The topological polar surface area (TPSA) is 123 Å². The van der Waals surface area contributed by atoms with Gasteiger partial charge in [0.05, 0.1) is 10.7 Å². The quantitative estimate of drug-likeness (QED) is 0.570. The van der Waals surface area contributed by atoms with E-state index in [1.165, 1.54) is 6.92 Å². The van der Waals surface area contributed by atoms with E-state index in [9.17, 15) is 26.9 Å². The van der Waals surface area contributed by atoms with Gasteiger partial charge in [-0.25, -0.2) is 21.6 Å². The van der Waals surface area contributed by atoms with Gasteiger partial charge < -0.3 is 0 Å². The van der Waals surface area contributed by atoms with Crippen molar-refractivity contribution >= 4 is 48.5 Å². The number of halogens is 1. The van der Waals surface area contributed by atoms with Gasteiger partial charge in [-0.1, -0.05) is 18.5 Å². The van der Waals surface area contributed by atoms with Gasteiger partial charge in [0.25, 0.3) is 5.69 Å². The Hall–Kier alpha value is -0.750. The molecule has 0 aliphatic carbocycles. The van der Waals surface area contributed by atoms with Gasteiger partial charge in [-0.15, -0.1) is 11.3 Å². The molecular formula is C8H11ClN2O6S3.